The topological polar surface area (TPSA) is 99.6 Å². The van der Waals surface area contributed by atoms with E-state index in [0.29, 0.717) is 5.56 Å². The Morgan fingerprint density at radius 1 is 1.45 bits per heavy atom. The highest BCUT2D eigenvalue weighted by Crippen LogP contribution is 2.14. The Labute approximate surface area is 117 Å². The van der Waals surface area contributed by atoms with E-state index in [9.17, 15) is 18.3 Å². The van der Waals surface area contributed by atoms with Crippen LogP contribution in [-0.2, 0) is 10.0 Å². The van der Waals surface area contributed by atoms with Crippen molar-refractivity contribution in [2.24, 2.45) is 0 Å². The molecule has 2 atom stereocenters. The third-order valence-corrected chi connectivity index (χ3v) is 3.83. The highest BCUT2D eigenvalue weighted by molar-refractivity contribution is 7.88. The van der Waals surface area contributed by atoms with Crippen molar-refractivity contribution in [2.75, 3.05) is 19.3 Å². The lowest BCUT2D eigenvalue weighted by molar-refractivity contribution is 0.0764. The van der Waals surface area contributed by atoms with Gasteiger partial charge in [0.1, 0.15) is 0 Å². The minimum absolute atomic E-state index is 0.0971. The van der Waals surface area contributed by atoms with Crippen LogP contribution in [0.25, 0.3) is 0 Å². The van der Waals surface area contributed by atoms with Gasteiger partial charge in [0, 0.05) is 25.0 Å². The molecule has 1 fully saturated rings. The number of amides is 1. The first-order valence-electron chi connectivity index (χ1n) is 6.13. The summed E-state index contributed by atoms with van der Waals surface area (Å²) in [6, 6.07) is 2.72. The Bertz CT molecular complexity index is 600. The fourth-order valence-electron chi connectivity index (χ4n) is 2.12. The van der Waals surface area contributed by atoms with Crippen molar-refractivity contribution in [3.63, 3.8) is 0 Å². The summed E-state index contributed by atoms with van der Waals surface area (Å²) in [7, 11) is -3.42. The first-order valence-corrected chi connectivity index (χ1v) is 8.03. The lowest BCUT2D eigenvalue weighted by Crippen LogP contribution is -2.42. The molecule has 2 heterocycles. The average molecular weight is 299 g/mol. The Balaban J connectivity index is 2.08. The lowest BCUT2D eigenvalue weighted by Gasteiger charge is -2.16. The van der Waals surface area contributed by atoms with Crippen molar-refractivity contribution in [1.29, 1.82) is 0 Å². The van der Waals surface area contributed by atoms with Gasteiger partial charge in [-0.15, -0.1) is 0 Å². The van der Waals surface area contributed by atoms with Gasteiger partial charge in [-0.05, 0) is 19.1 Å². The molecule has 0 aliphatic carbocycles. The van der Waals surface area contributed by atoms with Crippen molar-refractivity contribution in [3.05, 3.63) is 29.6 Å². The van der Waals surface area contributed by atoms with Gasteiger partial charge in [0.2, 0.25) is 10.0 Å². The maximum atomic E-state index is 12.2. The molecule has 20 heavy (non-hydrogen) atoms. The van der Waals surface area contributed by atoms with E-state index < -0.39 is 22.2 Å². The largest absolute Gasteiger partial charge is 0.390 e. The predicted octanol–water partition coefficient (Wildman–Crippen LogP) is -0.875. The van der Waals surface area contributed by atoms with E-state index in [4.69, 9.17) is 0 Å². The van der Waals surface area contributed by atoms with Crippen LogP contribution in [0.5, 0.6) is 0 Å². The summed E-state index contributed by atoms with van der Waals surface area (Å²) in [5.41, 5.74) is 1.22. The predicted molar refractivity (Wildman–Crippen MR) is 72.7 cm³/mol. The standard InChI is InChI=1S/C12H17N3O4S/c1-8-3-4-9(5-13-8)12(17)15-6-10(11(16)7-15)14-20(2,18)19/h3-5,10-11,14,16H,6-7H2,1-2H3/t10-,11-/m1/s1. The van der Waals surface area contributed by atoms with Gasteiger partial charge in [-0.3, -0.25) is 9.78 Å². The van der Waals surface area contributed by atoms with Gasteiger partial charge in [-0.25, -0.2) is 13.1 Å². The monoisotopic (exact) mass is 299 g/mol. The number of hydrogen-bond acceptors (Lipinski definition) is 5. The van der Waals surface area contributed by atoms with Gasteiger partial charge < -0.3 is 10.0 Å². The molecule has 110 valence electrons. The van der Waals surface area contributed by atoms with E-state index >= 15 is 0 Å². The number of rotatable bonds is 3. The summed E-state index contributed by atoms with van der Waals surface area (Å²) in [5, 5.41) is 9.83. The first kappa shape index (κ1) is 14.9. The van der Waals surface area contributed by atoms with Crippen LogP contribution in [0, 0.1) is 6.92 Å². The molecule has 0 aromatic carbocycles. The number of aliphatic hydroxyl groups is 1. The number of sulfonamides is 1. The number of carbonyl (C=O) groups is 1. The maximum Gasteiger partial charge on any atom is 0.255 e. The summed E-state index contributed by atoms with van der Waals surface area (Å²) in [5.74, 6) is -0.269. The van der Waals surface area contributed by atoms with Crippen molar-refractivity contribution in [1.82, 2.24) is 14.6 Å². The van der Waals surface area contributed by atoms with Gasteiger partial charge in [-0.2, -0.15) is 0 Å². The van der Waals surface area contributed by atoms with Crippen LogP contribution in [0.15, 0.2) is 18.3 Å². The second-order valence-electron chi connectivity index (χ2n) is 4.96. The molecule has 1 aliphatic rings. The molecule has 1 aliphatic heterocycles. The molecule has 1 aromatic heterocycles. The number of aromatic nitrogens is 1. The average Bonchev–Trinajstić information content (AvgIpc) is 2.69. The number of β-amino-alcohol motifs (C(OH)–C–C–N with tert-alkyl or cyclic N) is 1. The summed E-state index contributed by atoms with van der Waals surface area (Å²) in [6.45, 7) is 2.06. The molecule has 0 radical (unpaired) electrons. The van der Waals surface area contributed by atoms with Crippen LogP contribution in [-0.4, -0.2) is 60.8 Å². The molecule has 1 aromatic rings. The number of pyridine rings is 1. The maximum absolute atomic E-state index is 12.2. The van der Waals surface area contributed by atoms with Gasteiger partial charge in [0.05, 0.1) is 24.0 Å². The zero-order chi connectivity index (χ0) is 14.9. The SMILES string of the molecule is Cc1ccc(C(=O)N2C[C@@H](O)[C@H](NS(C)(=O)=O)C2)cn1. The number of aliphatic hydroxyl groups excluding tert-OH is 1. The van der Waals surface area contributed by atoms with Crippen LogP contribution < -0.4 is 4.72 Å². The van der Waals surface area contributed by atoms with Crippen LogP contribution >= 0.6 is 0 Å². The van der Waals surface area contributed by atoms with E-state index in [1.165, 1.54) is 11.1 Å². The molecule has 0 spiro atoms. The highest BCUT2D eigenvalue weighted by Gasteiger charge is 2.35. The van der Waals surface area contributed by atoms with Crippen molar-refractivity contribution in [2.45, 2.75) is 19.1 Å². The summed E-state index contributed by atoms with van der Waals surface area (Å²) in [6.07, 6.45) is 1.59. The Kier molecular flexibility index (Phi) is 4.07. The number of nitrogens with zero attached hydrogens (tertiary/aromatic N) is 2. The smallest absolute Gasteiger partial charge is 0.255 e. The van der Waals surface area contributed by atoms with E-state index in [1.54, 1.807) is 12.1 Å². The normalized spacial score (nSPS) is 23.1. The Morgan fingerprint density at radius 2 is 2.15 bits per heavy atom. The minimum Gasteiger partial charge on any atom is -0.390 e. The minimum atomic E-state index is -3.42. The number of aryl methyl sites for hydroxylation is 1. The Morgan fingerprint density at radius 3 is 2.70 bits per heavy atom. The summed E-state index contributed by atoms with van der Waals surface area (Å²) >= 11 is 0. The fraction of sp³-hybridized carbons (Fsp3) is 0.500. The van der Waals surface area contributed by atoms with Crippen molar-refractivity contribution in [3.8, 4) is 0 Å². The molecule has 2 rings (SSSR count). The van der Waals surface area contributed by atoms with Gasteiger partial charge >= 0.3 is 0 Å². The van der Waals surface area contributed by atoms with Gasteiger partial charge in [0.25, 0.3) is 5.91 Å². The third kappa shape index (κ3) is 3.53. The molecule has 0 saturated carbocycles. The molecule has 7 nitrogen and oxygen atoms in total. The zero-order valence-electron chi connectivity index (χ0n) is 11.3. The molecule has 2 N–H and O–H groups in total. The molecular formula is C12H17N3O4S. The second-order valence-corrected chi connectivity index (χ2v) is 6.74. The van der Waals surface area contributed by atoms with Crippen LogP contribution in [0.4, 0.5) is 0 Å². The van der Waals surface area contributed by atoms with E-state index in [-0.39, 0.29) is 19.0 Å². The van der Waals surface area contributed by atoms with Crippen molar-refractivity contribution < 1.29 is 18.3 Å². The van der Waals surface area contributed by atoms with Crippen molar-refractivity contribution >= 4 is 15.9 Å². The number of likely N-dealkylation sites (tertiary alicyclic amines) is 1. The molecular weight excluding hydrogens is 282 g/mol. The molecule has 8 heteroatoms. The van der Waals surface area contributed by atoms with Gasteiger partial charge in [0.15, 0.2) is 0 Å². The lowest BCUT2D eigenvalue weighted by atomic mass is 10.2. The quantitative estimate of drug-likeness (QED) is 0.755. The second kappa shape index (κ2) is 5.47. The highest BCUT2D eigenvalue weighted by atomic mass is 32.2. The van der Waals surface area contributed by atoms with E-state index in [1.807, 2.05) is 6.92 Å². The molecule has 0 unspecified atom stereocenters. The zero-order valence-corrected chi connectivity index (χ0v) is 12.1. The first-order chi connectivity index (χ1) is 9.26. The molecule has 1 amide bonds. The molecule has 1 saturated heterocycles. The summed E-state index contributed by atoms with van der Waals surface area (Å²) in [4.78, 5) is 17.7. The van der Waals surface area contributed by atoms with E-state index in [2.05, 4.69) is 9.71 Å². The fourth-order valence-corrected chi connectivity index (χ4v) is 2.90. The van der Waals surface area contributed by atoms with Crippen LogP contribution in [0.1, 0.15) is 16.1 Å². The van der Waals surface area contributed by atoms with Crippen LogP contribution in [0.2, 0.25) is 0 Å². The van der Waals surface area contributed by atoms with Crippen LogP contribution in [0.3, 0.4) is 0 Å². The van der Waals surface area contributed by atoms with Gasteiger partial charge in [-0.1, -0.05) is 0 Å². The third-order valence-electron chi connectivity index (χ3n) is 3.10. The molecule has 0 bridgehead atoms. The Hall–Kier alpha value is -1.51. The summed E-state index contributed by atoms with van der Waals surface area (Å²) < 4.78 is 24.7. The number of nitrogens with one attached hydrogen (secondary N) is 1. The number of carbonyl (C=O) groups excluding carboxylic acids is 1. The van der Waals surface area contributed by atoms with E-state index in [0.717, 1.165) is 11.9 Å². The number of hydrogen-bond donors (Lipinski definition) is 2.